The highest BCUT2D eigenvalue weighted by atomic mass is 16.3. The van der Waals surface area contributed by atoms with E-state index in [-0.39, 0.29) is 34.5 Å². The number of aromatic hydroxyl groups is 6. The minimum atomic E-state index is -0.762. The van der Waals surface area contributed by atoms with Gasteiger partial charge in [-0.15, -0.1) is 0 Å². The van der Waals surface area contributed by atoms with E-state index in [2.05, 4.69) is 36.4 Å². The van der Waals surface area contributed by atoms with Crippen molar-refractivity contribution in [2.75, 3.05) is 0 Å². The molecule has 0 fully saturated rings. The van der Waals surface area contributed by atoms with Gasteiger partial charge in [0.2, 0.25) is 0 Å². The lowest BCUT2D eigenvalue weighted by atomic mass is 9.67. The molecule has 0 saturated carbocycles. The monoisotopic (exact) mass is 644 g/mol. The van der Waals surface area contributed by atoms with Crippen molar-refractivity contribution in [1.29, 1.82) is 0 Å². The molecule has 6 N–H and O–H groups in total. The molecule has 0 aromatic heterocycles. The van der Waals surface area contributed by atoms with Crippen LogP contribution in [0.15, 0.2) is 133 Å². The molecule has 6 nitrogen and oxygen atoms in total. The molecule has 7 aromatic carbocycles. The first kappa shape index (κ1) is 30.0. The van der Waals surface area contributed by atoms with Crippen LogP contribution in [0.4, 0.5) is 0 Å². The lowest BCUT2D eigenvalue weighted by Gasteiger charge is -2.34. The lowest BCUT2D eigenvalue weighted by Crippen LogP contribution is -2.28. The minimum absolute atomic E-state index is 0.130. The molecule has 0 spiro atoms. The topological polar surface area (TPSA) is 121 Å². The number of benzene rings is 7. The van der Waals surface area contributed by atoms with E-state index in [9.17, 15) is 30.6 Å². The molecular weight excluding hydrogens is 612 g/mol. The van der Waals surface area contributed by atoms with Crippen molar-refractivity contribution in [3.05, 3.63) is 178 Å². The third-order valence-corrected chi connectivity index (χ3v) is 9.80. The number of phenols is 6. The van der Waals surface area contributed by atoms with Crippen LogP contribution in [-0.4, -0.2) is 30.6 Å². The second-order valence-electron chi connectivity index (χ2n) is 12.7. The Morgan fingerprint density at radius 1 is 0.367 bits per heavy atom. The molecule has 240 valence electrons. The average molecular weight is 645 g/mol. The van der Waals surface area contributed by atoms with E-state index in [0.29, 0.717) is 24.0 Å². The average Bonchev–Trinajstić information content (AvgIpc) is 3.40. The van der Waals surface area contributed by atoms with Gasteiger partial charge in [0, 0.05) is 12.8 Å². The fourth-order valence-corrected chi connectivity index (χ4v) is 7.49. The Labute approximate surface area is 282 Å². The van der Waals surface area contributed by atoms with Crippen LogP contribution in [0.2, 0.25) is 0 Å². The molecule has 0 aliphatic heterocycles. The lowest BCUT2D eigenvalue weighted by molar-refractivity contribution is 0.403. The highest BCUT2D eigenvalue weighted by Gasteiger charge is 2.46. The Morgan fingerprint density at radius 3 is 1.47 bits per heavy atom. The number of hydrogen-bond acceptors (Lipinski definition) is 6. The largest absolute Gasteiger partial charge is 0.508 e. The molecule has 6 heteroatoms. The van der Waals surface area contributed by atoms with Gasteiger partial charge in [-0.1, -0.05) is 84.9 Å². The van der Waals surface area contributed by atoms with Crippen LogP contribution in [0.1, 0.15) is 44.5 Å². The van der Waals surface area contributed by atoms with Crippen molar-refractivity contribution < 1.29 is 30.6 Å². The highest BCUT2D eigenvalue weighted by Crippen LogP contribution is 2.56. The van der Waals surface area contributed by atoms with Crippen LogP contribution >= 0.6 is 0 Å². The zero-order valence-corrected chi connectivity index (χ0v) is 26.3. The van der Waals surface area contributed by atoms with Crippen LogP contribution in [0.25, 0.3) is 21.9 Å². The predicted octanol–water partition coefficient (Wildman–Crippen LogP) is 8.62. The maximum Gasteiger partial charge on any atom is 0.157 e. The van der Waals surface area contributed by atoms with Crippen molar-refractivity contribution >= 4 is 10.8 Å². The fourth-order valence-electron chi connectivity index (χ4n) is 7.49. The Bertz CT molecular complexity index is 2380. The Kier molecular flexibility index (Phi) is 6.96. The molecular formula is C43H32O6. The van der Waals surface area contributed by atoms with Gasteiger partial charge in [-0.25, -0.2) is 0 Å². The smallest absolute Gasteiger partial charge is 0.157 e. The number of fused-ring (bicyclic) bond motifs is 4. The van der Waals surface area contributed by atoms with E-state index in [1.807, 2.05) is 48.5 Å². The first-order valence-electron chi connectivity index (χ1n) is 16.0. The predicted molar refractivity (Wildman–Crippen MR) is 190 cm³/mol. The number of phenolic OH excluding ortho intramolecular Hbond substituents is 6. The van der Waals surface area contributed by atoms with Gasteiger partial charge in [0.1, 0.15) is 11.5 Å². The van der Waals surface area contributed by atoms with E-state index in [4.69, 9.17) is 0 Å². The van der Waals surface area contributed by atoms with Crippen molar-refractivity contribution in [3.63, 3.8) is 0 Å². The maximum absolute atomic E-state index is 11.1. The molecule has 0 amide bonds. The Morgan fingerprint density at radius 2 is 0.878 bits per heavy atom. The molecule has 1 aliphatic rings. The second kappa shape index (κ2) is 11.4. The minimum Gasteiger partial charge on any atom is -0.508 e. The van der Waals surface area contributed by atoms with Gasteiger partial charge in [-0.3, -0.25) is 0 Å². The zero-order valence-electron chi connectivity index (χ0n) is 26.3. The van der Waals surface area contributed by atoms with Crippen LogP contribution < -0.4 is 0 Å². The van der Waals surface area contributed by atoms with Crippen LogP contribution in [0.3, 0.4) is 0 Å². The van der Waals surface area contributed by atoms with Crippen LogP contribution in [0, 0.1) is 0 Å². The van der Waals surface area contributed by atoms with Gasteiger partial charge >= 0.3 is 0 Å². The van der Waals surface area contributed by atoms with E-state index in [1.54, 1.807) is 24.3 Å². The summed E-state index contributed by atoms with van der Waals surface area (Å²) in [6.07, 6.45) is 0.685. The van der Waals surface area contributed by atoms with Crippen LogP contribution in [-0.2, 0) is 18.3 Å². The van der Waals surface area contributed by atoms with Gasteiger partial charge in [0.15, 0.2) is 23.0 Å². The fraction of sp³-hybridized carbons (Fsp3) is 0.0698. The molecule has 8 rings (SSSR count). The van der Waals surface area contributed by atoms with E-state index >= 15 is 0 Å². The second-order valence-corrected chi connectivity index (χ2v) is 12.7. The summed E-state index contributed by atoms with van der Waals surface area (Å²) in [6.45, 7) is 0. The first-order chi connectivity index (χ1) is 23.7. The van der Waals surface area contributed by atoms with Crippen molar-refractivity contribution in [3.8, 4) is 45.6 Å². The van der Waals surface area contributed by atoms with Gasteiger partial charge in [-0.2, -0.15) is 0 Å². The van der Waals surface area contributed by atoms with E-state index in [0.717, 1.165) is 55.3 Å². The van der Waals surface area contributed by atoms with Crippen molar-refractivity contribution in [1.82, 2.24) is 0 Å². The summed E-state index contributed by atoms with van der Waals surface area (Å²) in [6, 6.07) is 41.8. The summed E-state index contributed by atoms with van der Waals surface area (Å²) in [7, 11) is 0. The summed E-state index contributed by atoms with van der Waals surface area (Å²) >= 11 is 0. The van der Waals surface area contributed by atoms with Gasteiger partial charge in [0.05, 0.1) is 5.41 Å². The summed E-state index contributed by atoms with van der Waals surface area (Å²) < 4.78 is 0. The molecule has 49 heavy (non-hydrogen) atoms. The molecule has 0 bridgehead atoms. The quantitative estimate of drug-likeness (QED) is 0.101. The number of hydrogen-bond donors (Lipinski definition) is 6. The Balaban J connectivity index is 1.34. The van der Waals surface area contributed by atoms with E-state index in [1.165, 1.54) is 24.3 Å². The molecule has 1 aliphatic carbocycles. The molecule has 0 saturated heterocycles. The van der Waals surface area contributed by atoms with Gasteiger partial charge in [-0.05, 0) is 115 Å². The summed E-state index contributed by atoms with van der Waals surface area (Å²) in [5.41, 5.74) is 8.49. The van der Waals surface area contributed by atoms with Gasteiger partial charge in [0.25, 0.3) is 0 Å². The standard InChI is InChI=1S/C43H32O6/c44-37-16-13-32(23-30(37)18-26-10-15-39(46)42(49)20-26)43(35-7-3-1-5-33(35)34-6-2-4-8-36(34)43)31-12-11-27-24-40(47)29(21-28(27)22-31)17-25-9-14-38(45)41(48)19-25/h1-16,19-24,44-49H,17-18H2. The third kappa shape index (κ3) is 4.88. The molecule has 0 atom stereocenters. The summed E-state index contributed by atoms with van der Waals surface area (Å²) in [5.74, 6) is -0.554. The van der Waals surface area contributed by atoms with Gasteiger partial charge < -0.3 is 30.6 Å². The van der Waals surface area contributed by atoms with Crippen molar-refractivity contribution in [2.24, 2.45) is 0 Å². The van der Waals surface area contributed by atoms with Crippen LogP contribution in [0.5, 0.6) is 34.5 Å². The summed E-state index contributed by atoms with van der Waals surface area (Å²) in [4.78, 5) is 0. The van der Waals surface area contributed by atoms with Crippen molar-refractivity contribution in [2.45, 2.75) is 18.3 Å². The Hall–Kier alpha value is -6.40. The highest BCUT2D eigenvalue weighted by molar-refractivity contribution is 5.90. The molecule has 0 heterocycles. The first-order valence-corrected chi connectivity index (χ1v) is 16.0. The normalized spacial score (nSPS) is 12.9. The molecule has 0 unspecified atom stereocenters. The molecule has 7 aromatic rings. The number of rotatable bonds is 6. The summed E-state index contributed by atoms with van der Waals surface area (Å²) in [5, 5.41) is 63.8. The molecule has 0 radical (unpaired) electrons. The maximum atomic E-state index is 11.1. The zero-order chi connectivity index (χ0) is 33.9. The van der Waals surface area contributed by atoms with E-state index < -0.39 is 5.41 Å². The third-order valence-electron chi connectivity index (χ3n) is 9.80. The SMILES string of the molecule is Oc1ccc(Cc2cc(C3(c4ccc5cc(O)c(Cc6ccc(O)c(O)c6)cc5c4)c4ccccc4-c4ccccc43)ccc2O)cc1O.